The molecule has 0 spiro atoms. The van der Waals surface area contributed by atoms with Gasteiger partial charge in [-0.3, -0.25) is 0 Å². The van der Waals surface area contributed by atoms with Gasteiger partial charge in [-0.1, -0.05) is 53.5 Å². The Hall–Kier alpha value is -1.98. The van der Waals surface area contributed by atoms with Crippen LogP contribution in [0.4, 0.5) is 4.39 Å². The molecule has 0 aliphatic rings. The van der Waals surface area contributed by atoms with Crippen LogP contribution < -0.4 is 14.8 Å². The Morgan fingerprint density at radius 2 is 1.67 bits per heavy atom. The van der Waals surface area contributed by atoms with Gasteiger partial charge in [0.15, 0.2) is 11.5 Å². The zero-order chi connectivity index (χ0) is 20.6. The first-order valence-electron chi connectivity index (χ1n) is 9.33. The Labute approximate surface area is 192 Å². The van der Waals surface area contributed by atoms with Gasteiger partial charge >= 0.3 is 0 Å². The SMILES string of the molecule is CCOc1cccc(CNCc2ccc(F)cc2)c1OCc1ccc(Cl)cc1Cl.Cl. The molecule has 0 fully saturated rings. The molecule has 0 bridgehead atoms. The fourth-order valence-electron chi connectivity index (χ4n) is 2.87. The maximum atomic E-state index is 13.1. The number of hydrogen-bond acceptors (Lipinski definition) is 3. The van der Waals surface area contributed by atoms with E-state index in [-0.39, 0.29) is 18.2 Å². The highest BCUT2D eigenvalue weighted by Gasteiger charge is 2.12. The second-order valence-corrected chi connectivity index (χ2v) is 7.28. The molecule has 7 heteroatoms. The van der Waals surface area contributed by atoms with Crippen molar-refractivity contribution in [2.24, 2.45) is 0 Å². The molecule has 0 heterocycles. The van der Waals surface area contributed by atoms with Gasteiger partial charge in [0.1, 0.15) is 12.4 Å². The molecule has 0 aliphatic heterocycles. The summed E-state index contributed by atoms with van der Waals surface area (Å²) in [5.41, 5.74) is 2.80. The maximum Gasteiger partial charge on any atom is 0.166 e. The molecule has 0 aromatic heterocycles. The predicted molar refractivity (Wildman–Crippen MR) is 123 cm³/mol. The summed E-state index contributed by atoms with van der Waals surface area (Å²) in [6.45, 7) is 3.94. The van der Waals surface area contributed by atoms with Crippen LogP contribution in [-0.4, -0.2) is 6.61 Å². The molecule has 0 unspecified atom stereocenters. The first kappa shape index (κ1) is 24.3. The van der Waals surface area contributed by atoms with Crippen molar-refractivity contribution in [3.63, 3.8) is 0 Å². The zero-order valence-corrected chi connectivity index (χ0v) is 18.8. The van der Waals surface area contributed by atoms with Gasteiger partial charge in [0.2, 0.25) is 0 Å². The Bertz CT molecular complexity index is 952. The monoisotopic (exact) mass is 469 g/mol. The number of halogens is 4. The number of para-hydroxylation sites is 1. The van der Waals surface area contributed by atoms with E-state index in [0.29, 0.717) is 47.8 Å². The van der Waals surface area contributed by atoms with Crippen LogP contribution in [0.5, 0.6) is 11.5 Å². The lowest BCUT2D eigenvalue weighted by Crippen LogP contribution is -2.14. The van der Waals surface area contributed by atoms with Gasteiger partial charge in [0.25, 0.3) is 0 Å². The fraction of sp³-hybridized carbons (Fsp3) is 0.217. The van der Waals surface area contributed by atoms with Gasteiger partial charge in [-0.15, -0.1) is 12.4 Å². The van der Waals surface area contributed by atoms with E-state index < -0.39 is 0 Å². The van der Waals surface area contributed by atoms with Crippen LogP contribution in [0.3, 0.4) is 0 Å². The summed E-state index contributed by atoms with van der Waals surface area (Å²) in [5, 5.41) is 4.50. The normalized spacial score (nSPS) is 10.4. The first-order valence-corrected chi connectivity index (χ1v) is 10.1. The largest absolute Gasteiger partial charge is 0.490 e. The molecule has 0 atom stereocenters. The van der Waals surface area contributed by atoms with E-state index in [2.05, 4.69) is 5.32 Å². The molecular formula is C23H23Cl3FNO2. The Morgan fingerprint density at radius 1 is 0.900 bits per heavy atom. The van der Waals surface area contributed by atoms with Crippen LogP contribution in [0, 0.1) is 5.82 Å². The minimum atomic E-state index is -0.241. The van der Waals surface area contributed by atoms with E-state index in [4.69, 9.17) is 32.7 Å². The molecule has 30 heavy (non-hydrogen) atoms. The zero-order valence-electron chi connectivity index (χ0n) is 16.5. The summed E-state index contributed by atoms with van der Waals surface area (Å²) >= 11 is 12.2. The minimum absolute atomic E-state index is 0. The number of hydrogen-bond donors (Lipinski definition) is 1. The molecule has 1 N–H and O–H groups in total. The van der Waals surface area contributed by atoms with Gasteiger partial charge in [0.05, 0.1) is 6.61 Å². The quantitative estimate of drug-likeness (QED) is 0.372. The average molecular weight is 471 g/mol. The number of nitrogens with one attached hydrogen (secondary N) is 1. The molecule has 0 amide bonds. The highest BCUT2D eigenvalue weighted by molar-refractivity contribution is 6.35. The summed E-state index contributed by atoms with van der Waals surface area (Å²) in [6, 6.07) is 17.6. The number of benzene rings is 3. The van der Waals surface area contributed by atoms with Crippen LogP contribution in [0.1, 0.15) is 23.6 Å². The van der Waals surface area contributed by atoms with Crippen molar-refractivity contribution in [1.29, 1.82) is 0 Å². The van der Waals surface area contributed by atoms with Crippen molar-refractivity contribution in [1.82, 2.24) is 5.32 Å². The Balaban J connectivity index is 0.00000320. The smallest absolute Gasteiger partial charge is 0.166 e. The van der Waals surface area contributed by atoms with Crippen molar-refractivity contribution in [2.75, 3.05) is 6.61 Å². The van der Waals surface area contributed by atoms with Crippen molar-refractivity contribution in [3.8, 4) is 11.5 Å². The Morgan fingerprint density at radius 3 is 2.37 bits per heavy atom. The third-order valence-corrected chi connectivity index (χ3v) is 4.89. The van der Waals surface area contributed by atoms with Gasteiger partial charge < -0.3 is 14.8 Å². The van der Waals surface area contributed by atoms with Crippen LogP contribution in [-0.2, 0) is 19.7 Å². The molecule has 0 saturated carbocycles. The minimum Gasteiger partial charge on any atom is -0.490 e. The van der Waals surface area contributed by atoms with E-state index in [9.17, 15) is 4.39 Å². The third-order valence-electron chi connectivity index (χ3n) is 4.31. The molecule has 160 valence electrons. The molecule has 3 nitrogen and oxygen atoms in total. The fourth-order valence-corrected chi connectivity index (χ4v) is 3.33. The summed E-state index contributed by atoms with van der Waals surface area (Å²) in [5.74, 6) is 1.11. The van der Waals surface area contributed by atoms with Gasteiger partial charge in [-0.05, 0) is 42.8 Å². The van der Waals surface area contributed by atoms with Crippen LogP contribution >= 0.6 is 35.6 Å². The van der Waals surface area contributed by atoms with E-state index in [0.717, 1.165) is 16.7 Å². The third kappa shape index (κ3) is 6.78. The summed E-state index contributed by atoms with van der Waals surface area (Å²) in [4.78, 5) is 0. The highest BCUT2D eigenvalue weighted by atomic mass is 35.5. The van der Waals surface area contributed by atoms with Crippen LogP contribution in [0.2, 0.25) is 10.0 Å². The Kier molecular flexibility index (Phi) is 9.73. The van der Waals surface area contributed by atoms with E-state index in [1.54, 1.807) is 24.3 Å². The molecule has 3 aromatic carbocycles. The summed E-state index contributed by atoms with van der Waals surface area (Å²) in [7, 11) is 0. The predicted octanol–water partition coefficient (Wildman–Crippen LogP) is 6.82. The van der Waals surface area contributed by atoms with E-state index in [1.165, 1.54) is 12.1 Å². The molecule has 3 rings (SSSR count). The molecule has 0 aliphatic carbocycles. The summed E-state index contributed by atoms with van der Waals surface area (Å²) < 4.78 is 24.9. The molecule has 0 radical (unpaired) electrons. The number of ether oxygens (including phenoxy) is 2. The molecule has 3 aromatic rings. The van der Waals surface area contributed by atoms with Crippen molar-refractivity contribution < 1.29 is 13.9 Å². The highest BCUT2D eigenvalue weighted by Crippen LogP contribution is 2.33. The van der Waals surface area contributed by atoms with E-state index in [1.807, 2.05) is 31.2 Å². The second kappa shape index (κ2) is 12.0. The maximum absolute atomic E-state index is 13.1. The van der Waals surface area contributed by atoms with Gasteiger partial charge in [-0.25, -0.2) is 4.39 Å². The van der Waals surface area contributed by atoms with Gasteiger partial charge in [0, 0.05) is 34.3 Å². The topological polar surface area (TPSA) is 30.5 Å². The first-order chi connectivity index (χ1) is 14.1. The van der Waals surface area contributed by atoms with Gasteiger partial charge in [-0.2, -0.15) is 0 Å². The lowest BCUT2D eigenvalue weighted by molar-refractivity contribution is 0.266. The second-order valence-electron chi connectivity index (χ2n) is 6.43. The van der Waals surface area contributed by atoms with Crippen LogP contribution in [0.25, 0.3) is 0 Å². The van der Waals surface area contributed by atoms with Crippen molar-refractivity contribution >= 4 is 35.6 Å². The van der Waals surface area contributed by atoms with E-state index >= 15 is 0 Å². The average Bonchev–Trinajstić information content (AvgIpc) is 2.70. The summed E-state index contributed by atoms with van der Waals surface area (Å²) in [6.07, 6.45) is 0. The van der Waals surface area contributed by atoms with Crippen LogP contribution in [0.15, 0.2) is 60.7 Å². The van der Waals surface area contributed by atoms with Crippen molar-refractivity contribution in [2.45, 2.75) is 26.6 Å². The van der Waals surface area contributed by atoms with Crippen molar-refractivity contribution in [3.05, 3.63) is 93.2 Å². The molecule has 0 saturated heterocycles. The molecular weight excluding hydrogens is 448 g/mol. The number of rotatable bonds is 9. The lowest BCUT2D eigenvalue weighted by atomic mass is 10.1. The standard InChI is InChI=1S/C23H22Cl2FNO2.ClH/c1-2-28-22-5-3-4-17(14-27-13-16-6-10-20(26)11-7-16)23(22)29-15-18-8-9-19(24)12-21(18)25;/h3-12,27H,2,13-15H2,1H3;1H. The lowest BCUT2D eigenvalue weighted by Gasteiger charge is -2.17.